The first-order valence-corrected chi connectivity index (χ1v) is 7.91. The van der Waals surface area contributed by atoms with Crippen LogP contribution in [0.15, 0.2) is 66.0 Å². The summed E-state index contributed by atoms with van der Waals surface area (Å²) in [4.78, 5) is 23.3. The van der Waals surface area contributed by atoms with Crippen LogP contribution in [0, 0.1) is 0 Å². The molecule has 2 aromatic heterocycles. The van der Waals surface area contributed by atoms with Crippen molar-refractivity contribution < 1.29 is 0 Å². The molecule has 1 atom stereocenters. The average molecular weight is 332 g/mol. The van der Waals surface area contributed by atoms with Gasteiger partial charge in [-0.25, -0.2) is 14.6 Å². The van der Waals surface area contributed by atoms with Gasteiger partial charge in [-0.15, -0.1) is 0 Å². The van der Waals surface area contributed by atoms with E-state index in [1.165, 1.54) is 6.33 Å². The van der Waals surface area contributed by atoms with Crippen molar-refractivity contribution in [2.75, 3.05) is 5.32 Å². The van der Waals surface area contributed by atoms with Crippen LogP contribution in [0.2, 0.25) is 0 Å². The highest BCUT2D eigenvalue weighted by Gasteiger charge is 2.09. The molecule has 0 saturated carbocycles. The van der Waals surface area contributed by atoms with Crippen LogP contribution in [0.5, 0.6) is 0 Å². The number of benzene rings is 2. The molecule has 25 heavy (non-hydrogen) atoms. The average Bonchev–Trinajstić information content (AvgIpc) is 3.16. The molecule has 0 radical (unpaired) electrons. The van der Waals surface area contributed by atoms with Crippen molar-refractivity contribution >= 4 is 16.9 Å². The topological polar surface area (TPSA) is 88.5 Å². The third kappa shape index (κ3) is 2.99. The first kappa shape index (κ1) is 15.1. The third-order valence-electron chi connectivity index (χ3n) is 4.04. The highest BCUT2D eigenvalue weighted by atomic mass is 16.1. The van der Waals surface area contributed by atoms with E-state index in [-0.39, 0.29) is 11.6 Å². The van der Waals surface area contributed by atoms with Gasteiger partial charge in [0.2, 0.25) is 5.95 Å². The number of nitrogens with zero attached hydrogens (tertiary/aromatic N) is 4. The maximum atomic E-state index is 12.1. The van der Waals surface area contributed by atoms with E-state index in [0.717, 1.165) is 11.3 Å². The summed E-state index contributed by atoms with van der Waals surface area (Å²) < 4.78 is 1.70. The zero-order valence-corrected chi connectivity index (χ0v) is 13.5. The van der Waals surface area contributed by atoms with Gasteiger partial charge in [0, 0.05) is 0 Å². The number of aromatic amines is 1. The molecular weight excluding hydrogens is 316 g/mol. The highest BCUT2D eigenvalue weighted by molar-refractivity contribution is 5.78. The number of hydrogen-bond donors (Lipinski definition) is 2. The van der Waals surface area contributed by atoms with E-state index in [1.54, 1.807) is 17.1 Å². The predicted octanol–water partition coefficient (Wildman–Crippen LogP) is 2.68. The summed E-state index contributed by atoms with van der Waals surface area (Å²) in [5.74, 6) is 0.455. The van der Waals surface area contributed by atoms with E-state index in [0.29, 0.717) is 16.9 Å². The Bertz CT molecular complexity index is 1050. The molecule has 0 aliphatic carbocycles. The number of hydrogen-bond acceptors (Lipinski definition) is 5. The number of anilines is 1. The molecule has 0 bridgehead atoms. The monoisotopic (exact) mass is 332 g/mol. The van der Waals surface area contributed by atoms with Gasteiger partial charge in [0.05, 0.1) is 22.6 Å². The third-order valence-corrected chi connectivity index (χ3v) is 4.04. The van der Waals surface area contributed by atoms with Gasteiger partial charge in [-0.1, -0.05) is 24.3 Å². The molecule has 2 N–H and O–H groups in total. The van der Waals surface area contributed by atoms with Crippen LogP contribution in [0.25, 0.3) is 16.6 Å². The molecule has 7 nitrogen and oxygen atoms in total. The van der Waals surface area contributed by atoms with Crippen LogP contribution in [-0.4, -0.2) is 24.7 Å². The smallest absolute Gasteiger partial charge is 0.260 e. The van der Waals surface area contributed by atoms with Crippen LogP contribution in [0.4, 0.5) is 5.95 Å². The van der Waals surface area contributed by atoms with Gasteiger partial charge >= 0.3 is 0 Å². The predicted molar refractivity (Wildman–Crippen MR) is 95.8 cm³/mol. The van der Waals surface area contributed by atoms with E-state index in [2.05, 4.69) is 25.4 Å². The Balaban J connectivity index is 1.57. The van der Waals surface area contributed by atoms with Crippen molar-refractivity contribution in [2.24, 2.45) is 0 Å². The molecule has 124 valence electrons. The van der Waals surface area contributed by atoms with Crippen molar-refractivity contribution in [3.63, 3.8) is 0 Å². The van der Waals surface area contributed by atoms with Crippen molar-refractivity contribution in [1.82, 2.24) is 24.7 Å². The van der Waals surface area contributed by atoms with Crippen LogP contribution in [0.3, 0.4) is 0 Å². The van der Waals surface area contributed by atoms with Crippen LogP contribution in [0.1, 0.15) is 18.5 Å². The lowest BCUT2D eigenvalue weighted by atomic mass is 10.1. The van der Waals surface area contributed by atoms with Crippen molar-refractivity contribution in [1.29, 1.82) is 0 Å². The Labute approximate surface area is 143 Å². The lowest BCUT2D eigenvalue weighted by molar-refractivity contribution is 0.850. The molecule has 0 aliphatic rings. The van der Waals surface area contributed by atoms with Gasteiger partial charge in [0.15, 0.2) is 0 Å². The molecule has 1 unspecified atom stereocenters. The largest absolute Gasteiger partial charge is 0.349 e. The Hall–Kier alpha value is -3.48. The number of nitrogens with one attached hydrogen (secondary N) is 2. The molecule has 0 spiro atoms. The summed E-state index contributed by atoms with van der Waals surface area (Å²) in [7, 11) is 0. The molecule has 0 fully saturated rings. The highest BCUT2D eigenvalue weighted by Crippen LogP contribution is 2.19. The fourth-order valence-corrected chi connectivity index (χ4v) is 2.70. The fourth-order valence-electron chi connectivity index (χ4n) is 2.70. The number of fused-ring (bicyclic) bond motifs is 1. The van der Waals surface area contributed by atoms with Gasteiger partial charge in [0.1, 0.15) is 12.7 Å². The summed E-state index contributed by atoms with van der Waals surface area (Å²) in [5.41, 5.74) is 2.52. The van der Waals surface area contributed by atoms with Gasteiger partial charge < -0.3 is 5.32 Å². The molecule has 7 heteroatoms. The second-order valence-corrected chi connectivity index (χ2v) is 5.73. The van der Waals surface area contributed by atoms with Gasteiger partial charge in [0.25, 0.3) is 5.56 Å². The summed E-state index contributed by atoms with van der Waals surface area (Å²) in [5, 5.41) is 7.93. The fraction of sp³-hybridized carbons (Fsp3) is 0.111. The molecule has 0 aliphatic heterocycles. The van der Waals surface area contributed by atoms with E-state index >= 15 is 0 Å². The van der Waals surface area contributed by atoms with Crippen molar-refractivity contribution in [3.05, 3.63) is 77.1 Å². The van der Waals surface area contributed by atoms with Crippen molar-refractivity contribution in [3.8, 4) is 5.69 Å². The standard InChI is InChI=1S/C18H16N6O/c1-12(13-6-8-14(9-7-13)24-11-19-10-20-24)21-18-22-16-5-3-2-4-15(16)17(25)23-18/h2-12H,1H3,(H2,21,22,23,25). The SMILES string of the molecule is CC(Nc1nc2ccccc2c(=O)[nH]1)c1ccc(-n2cncn2)cc1. The van der Waals surface area contributed by atoms with E-state index in [9.17, 15) is 4.79 Å². The van der Waals surface area contributed by atoms with Gasteiger partial charge in [-0.3, -0.25) is 9.78 Å². The minimum absolute atomic E-state index is 0.0193. The Kier molecular flexibility index (Phi) is 3.74. The second-order valence-electron chi connectivity index (χ2n) is 5.73. The quantitative estimate of drug-likeness (QED) is 0.600. The first-order chi connectivity index (χ1) is 12.2. The molecular formula is C18H16N6O. The number of para-hydroxylation sites is 1. The zero-order valence-electron chi connectivity index (χ0n) is 13.5. The number of H-pyrrole nitrogens is 1. The lowest BCUT2D eigenvalue weighted by Gasteiger charge is -2.15. The number of aromatic nitrogens is 5. The Morgan fingerprint density at radius 3 is 2.68 bits per heavy atom. The molecule has 0 amide bonds. The van der Waals surface area contributed by atoms with E-state index in [4.69, 9.17) is 0 Å². The molecule has 4 rings (SSSR count). The molecule has 0 saturated heterocycles. The summed E-state index contributed by atoms with van der Waals surface area (Å²) in [6.45, 7) is 2.01. The maximum Gasteiger partial charge on any atom is 0.260 e. The van der Waals surface area contributed by atoms with Gasteiger partial charge in [-0.2, -0.15) is 5.10 Å². The lowest BCUT2D eigenvalue weighted by Crippen LogP contribution is -2.15. The minimum atomic E-state index is -0.151. The maximum absolute atomic E-state index is 12.1. The van der Waals surface area contributed by atoms with Crippen molar-refractivity contribution in [2.45, 2.75) is 13.0 Å². The molecule has 2 heterocycles. The summed E-state index contributed by atoms with van der Waals surface area (Å²) in [6, 6.07) is 15.2. The van der Waals surface area contributed by atoms with Crippen LogP contribution >= 0.6 is 0 Å². The summed E-state index contributed by atoms with van der Waals surface area (Å²) >= 11 is 0. The summed E-state index contributed by atoms with van der Waals surface area (Å²) in [6.07, 6.45) is 3.15. The van der Waals surface area contributed by atoms with Crippen LogP contribution in [-0.2, 0) is 0 Å². The minimum Gasteiger partial charge on any atom is -0.349 e. The van der Waals surface area contributed by atoms with E-state index in [1.807, 2.05) is 49.4 Å². The molecule has 4 aromatic rings. The van der Waals surface area contributed by atoms with Gasteiger partial charge in [-0.05, 0) is 36.8 Å². The Morgan fingerprint density at radius 2 is 1.92 bits per heavy atom. The zero-order chi connectivity index (χ0) is 17.2. The normalized spacial score (nSPS) is 12.2. The van der Waals surface area contributed by atoms with E-state index < -0.39 is 0 Å². The second kappa shape index (κ2) is 6.20. The Morgan fingerprint density at radius 1 is 1.12 bits per heavy atom. The molecule has 2 aromatic carbocycles. The van der Waals surface area contributed by atoms with Crippen LogP contribution < -0.4 is 10.9 Å². The number of rotatable bonds is 4. The first-order valence-electron chi connectivity index (χ1n) is 7.91.